The lowest BCUT2D eigenvalue weighted by Crippen LogP contribution is -2.33. The van der Waals surface area contributed by atoms with Gasteiger partial charge in [0, 0.05) is 17.6 Å². The average molecular weight is 232 g/mol. The van der Waals surface area contributed by atoms with Crippen LogP contribution in [0.25, 0.3) is 0 Å². The van der Waals surface area contributed by atoms with Crippen LogP contribution in [-0.2, 0) is 11.2 Å². The zero-order valence-electron chi connectivity index (χ0n) is 10.3. The van der Waals surface area contributed by atoms with Crippen LogP contribution in [0.3, 0.4) is 0 Å². The summed E-state index contributed by atoms with van der Waals surface area (Å²) in [4.78, 5) is 11.9. The fraction of sp³-hybridized carbons (Fsp3) is 0.500. The smallest absolute Gasteiger partial charge is 0.226 e. The van der Waals surface area contributed by atoms with Gasteiger partial charge in [-0.2, -0.15) is 0 Å². The molecule has 0 bridgehead atoms. The monoisotopic (exact) mass is 232 g/mol. The first-order valence-electron chi connectivity index (χ1n) is 6.29. The fourth-order valence-corrected chi connectivity index (χ4v) is 2.08. The number of hydrogen-bond donors (Lipinski definition) is 2. The lowest BCUT2D eigenvalue weighted by Gasteiger charge is -2.12. The fourth-order valence-electron chi connectivity index (χ4n) is 2.08. The highest BCUT2D eigenvalue weighted by Gasteiger charge is 2.47. The Morgan fingerprint density at radius 1 is 1.35 bits per heavy atom. The number of rotatable bonds is 5. The van der Waals surface area contributed by atoms with E-state index in [-0.39, 0.29) is 11.3 Å². The van der Waals surface area contributed by atoms with Crippen molar-refractivity contribution in [1.29, 1.82) is 0 Å². The third-order valence-corrected chi connectivity index (χ3v) is 3.69. The van der Waals surface area contributed by atoms with Crippen LogP contribution in [0.15, 0.2) is 24.3 Å². The summed E-state index contributed by atoms with van der Waals surface area (Å²) in [5.41, 5.74) is 7.58. The molecular formula is C14H20N2O. The number of hydrogen-bond acceptors (Lipinski definition) is 2. The molecule has 0 unspecified atom stereocenters. The predicted molar refractivity (Wildman–Crippen MR) is 69.5 cm³/mol. The summed E-state index contributed by atoms with van der Waals surface area (Å²) in [6.45, 7) is 2.80. The van der Waals surface area contributed by atoms with Crippen LogP contribution in [0.2, 0.25) is 0 Å². The normalized spacial score (nSPS) is 16.5. The molecule has 17 heavy (non-hydrogen) atoms. The number of nitrogen functional groups attached to an aromatic ring is 1. The van der Waals surface area contributed by atoms with Gasteiger partial charge in [0.25, 0.3) is 0 Å². The van der Waals surface area contributed by atoms with Crippen LogP contribution >= 0.6 is 0 Å². The van der Waals surface area contributed by atoms with Crippen LogP contribution in [0.5, 0.6) is 0 Å². The van der Waals surface area contributed by atoms with Crippen molar-refractivity contribution < 1.29 is 4.79 Å². The van der Waals surface area contributed by atoms with Crippen LogP contribution < -0.4 is 11.1 Å². The number of nitrogens with two attached hydrogens (primary N) is 1. The van der Waals surface area contributed by atoms with Crippen LogP contribution in [0.4, 0.5) is 5.69 Å². The Bertz CT molecular complexity index is 393. The Balaban J connectivity index is 1.76. The van der Waals surface area contributed by atoms with Crippen molar-refractivity contribution in [3.8, 4) is 0 Å². The topological polar surface area (TPSA) is 55.1 Å². The zero-order chi connectivity index (χ0) is 12.3. The molecule has 0 aromatic heterocycles. The summed E-state index contributed by atoms with van der Waals surface area (Å²) in [6, 6.07) is 7.81. The lowest BCUT2D eigenvalue weighted by atomic mass is 10.0. The molecule has 1 aromatic rings. The van der Waals surface area contributed by atoms with E-state index in [1.807, 2.05) is 24.3 Å². The van der Waals surface area contributed by atoms with Gasteiger partial charge in [0.05, 0.1) is 0 Å². The van der Waals surface area contributed by atoms with Gasteiger partial charge in [-0.25, -0.2) is 0 Å². The molecule has 1 aliphatic rings. The quantitative estimate of drug-likeness (QED) is 0.764. The van der Waals surface area contributed by atoms with Crippen molar-refractivity contribution >= 4 is 11.6 Å². The molecule has 0 aliphatic heterocycles. The Morgan fingerprint density at radius 3 is 2.53 bits per heavy atom. The molecule has 1 saturated carbocycles. The van der Waals surface area contributed by atoms with E-state index in [1.54, 1.807) is 0 Å². The summed E-state index contributed by atoms with van der Waals surface area (Å²) in [6.07, 6.45) is 3.93. The molecule has 92 valence electrons. The van der Waals surface area contributed by atoms with E-state index in [0.29, 0.717) is 6.54 Å². The molecule has 3 N–H and O–H groups in total. The van der Waals surface area contributed by atoms with E-state index in [0.717, 1.165) is 31.4 Å². The van der Waals surface area contributed by atoms with Crippen LogP contribution in [-0.4, -0.2) is 12.5 Å². The van der Waals surface area contributed by atoms with Crippen LogP contribution in [0, 0.1) is 5.41 Å². The van der Waals surface area contributed by atoms with Gasteiger partial charge in [-0.15, -0.1) is 0 Å². The average Bonchev–Trinajstić information content (AvgIpc) is 3.12. The van der Waals surface area contributed by atoms with Crippen LogP contribution in [0.1, 0.15) is 31.7 Å². The number of anilines is 1. The molecule has 0 saturated heterocycles. The molecule has 0 heterocycles. The molecule has 0 radical (unpaired) electrons. The predicted octanol–water partition coefficient (Wildman–Crippen LogP) is 2.12. The molecular weight excluding hydrogens is 212 g/mol. The number of carbonyl (C=O) groups excluding carboxylic acids is 1. The summed E-state index contributed by atoms with van der Waals surface area (Å²) in [5, 5.41) is 3.03. The largest absolute Gasteiger partial charge is 0.399 e. The Hall–Kier alpha value is -1.51. The third-order valence-electron chi connectivity index (χ3n) is 3.69. The Kier molecular flexibility index (Phi) is 3.36. The first-order valence-corrected chi connectivity index (χ1v) is 6.29. The molecule has 1 aliphatic carbocycles. The van der Waals surface area contributed by atoms with Gasteiger partial charge >= 0.3 is 0 Å². The zero-order valence-corrected chi connectivity index (χ0v) is 10.3. The SMILES string of the molecule is CCC1(C(=O)NCCc2ccc(N)cc2)CC1. The molecule has 3 heteroatoms. The highest BCUT2D eigenvalue weighted by Crippen LogP contribution is 2.48. The summed E-state index contributed by atoms with van der Waals surface area (Å²) >= 11 is 0. The minimum Gasteiger partial charge on any atom is -0.399 e. The van der Waals surface area contributed by atoms with Crippen molar-refractivity contribution in [1.82, 2.24) is 5.32 Å². The van der Waals surface area contributed by atoms with Crippen molar-refractivity contribution in [3.63, 3.8) is 0 Å². The van der Waals surface area contributed by atoms with E-state index >= 15 is 0 Å². The van der Waals surface area contributed by atoms with Gasteiger partial charge < -0.3 is 11.1 Å². The standard InChI is InChI=1S/C14H20N2O/c1-2-14(8-9-14)13(17)16-10-7-11-3-5-12(15)6-4-11/h3-6H,2,7-10,15H2,1H3,(H,16,17). The van der Waals surface area contributed by atoms with Gasteiger partial charge in [0.15, 0.2) is 0 Å². The van der Waals surface area contributed by atoms with Gasteiger partial charge in [-0.1, -0.05) is 19.1 Å². The summed E-state index contributed by atoms with van der Waals surface area (Å²) in [5.74, 6) is 0.232. The second-order valence-corrected chi connectivity index (χ2v) is 4.88. The molecule has 0 spiro atoms. The maximum Gasteiger partial charge on any atom is 0.226 e. The Morgan fingerprint density at radius 2 is 2.00 bits per heavy atom. The summed E-state index contributed by atoms with van der Waals surface area (Å²) < 4.78 is 0. The number of amides is 1. The van der Waals surface area contributed by atoms with Crippen molar-refractivity contribution in [3.05, 3.63) is 29.8 Å². The van der Waals surface area contributed by atoms with E-state index < -0.39 is 0 Å². The van der Waals surface area contributed by atoms with Crippen molar-refractivity contribution in [2.75, 3.05) is 12.3 Å². The van der Waals surface area contributed by atoms with Gasteiger partial charge in [-0.3, -0.25) is 4.79 Å². The number of carbonyl (C=O) groups is 1. The second kappa shape index (κ2) is 4.78. The molecule has 1 amide bonds. The molecule has 2 rings (SSSR count). The molecule has 1 aromatic carbocycles. The van der Waals surface area contributed by atoms with E-state index in [1.165, 1.54) is 5.56 Å². The maximum absolute atomic E-state index is 11.9. The highest BCUT2D eigenvalue weighted by atomic mass is 16.2. The van der Waals surface area contributed by atoms with Crippen molar-refractivity contribution in [2.24, 2.45) is 5.41 Å². The van der Waals surface area contributed by atoms with E-state index in [4.69, 9.17) is 5.73 Å². The van der Waals surface area contributed by atoms with Crippen molar-refractivity contribution in [2.45, 2.75) is 32.6 Å². The minimum absolute atomic E-state index is 0.0267. The minimum atomic E-state index is -0.0267. The third kappa shape index (κ3) is 2.78. The number of nitrogens with one attached hydrogen (secondary N) is 1. The van der Waals surface area contributed by atoms with Gasteiger partial charge in [-0.05, 0) is 43.4 Å². The van der Waals surface area contributed by atoms with Gasteiger partial charge in [0.1, 0.15) is 0 Å². The first kappa shape index (κ1) is 12.0. The lowest BCUT2D eigenvalue weighted by molar-refractivity contribution is -0.126. The number of benzene rings is 1. The maximum atomic E-state index is 11.9. The molecule has 3 nitrogen and oxygen atoms in total. The second-order valence-electron chi connectivity index (χ2n) is 4.88. The van der Waals surface area contributed by atoms with E-state index in [9.17, 15) is 4.79 Å². The molecule has 0 atom stereocenters. The Labute approximate surface area is 102 Å². The van der Waals surface area contributed by atoms with Gasteiger partial charge in [0.2, 0.25) is 5.91 Å². The molecule has 1 fully saturated rings. The van der Waals surface area contributed by atoms with E-state index in [2.05, 4.69) is 12.2 Å². The summed E-state index contributed by atoms with van der Waals surface area (Å²) in [7, 11) is 0. The first-order chi connectivity index (χ1) is 8.16. The highest BCUT2D eigenvalue weighted by molar-refractivity contribution is 5.85.